The van der Waals surface area contributed by atoms with Crippen LogP contribution in [0.25, 0.3) is 0 Å². The Morgan fingerprint density at radius 2 is 1.89 bits per heavy atom. The van der Waals surface area contributed by atoms with Gasteiger partial charge in [-0.25, -0.2) is 0 Å². The number of methoxy groups -OCH3 is 1. The smallest absolute Gasteiger partial charge is 0.387 e. The summed E-state index contributed by atoms with van der Waals surface area (Å²) in [5.74, 6) is 0.252. The number of ether oxygens (including phenoxy) is 2. The zero-order chi connectivity index (χ0) is 20.1. The number of amides is 1. The lowest BCUT2D eigenvalue weighted by Crippen LogP contribution is -2.49. The number of rotatable bonds is 8. The molecule has 28 heavy (non-hydrogen) atoms. The Morgan fingerprint density at radius 1 is 1.18 bits per heavy atom. The van der Waals surface area contributed by atoms with Crippen molar-refractivity contribution in [3.63, 3.8) is 0 Å². The maximum atomic E-state index is 12.9. The van der Waals surface area contributed by atoms with Crippen LogP contribution < -0.4 is 14.8 Å². The second-order valence-corrected chi connectivity index (χ2v) is 7.73. The molecule has 0 bridgehead atoms. The molecule has 0 aromatic heterocycles. The van der Waals surface area contributed by atoms with Crippen LogP contribution in [0.3, 0.4) is 0 Å². The Labute approximate surface area is 171 Å². The SMILES string of the molecule is COc1ccc(CCNC(=O)C2(c3ccc(Br)cc3)CCC2)cc1OC(F)F. The molecule has 2 aromatic carbocycles. The van der Waals surface area contributed by atoms with Crippen LogP contribution in [0.15, 0.2) is 46.9 Å². The third-order valence-electron chi connectivity index (χ3n) is 5.18. The Hall–Kier alpha value is -2.15. The average molecular weight is 454 g/mol. The predicted octanol–water partition coefficient (Wildman–Crippen LogP) is 4.84. The standard InChI is InChI=1S/C21H22BrF2NO3/c1-27-17-8-3-14(13-18(17)28-20(23)24)9-12-25-19(26)21(10-2-11-21)15-4-6-16(22)7-5-15/h3-8,13,20H,2,9-12H2,1H3,(H,25,26). The van der Waals surface area contributed by atoms with E-state index < -0.39 is 12.0 Å². The Bertz CT molecular complexity index is 823. The molecular formula is C21H22BrF2NO3. The van der Waals surface area contributed by atoms with Gasteiger partial charge in [0.15, 0.2) is 11.5 Å². The van der Waals surface area contributed by atoms with E-state index in [-0.39, 0.29) is 17.4 Å². The number of nitrogens with one attached hydrogen (secondary N) is 1. The zero-order valence-corrected chi connectivity index (χ0v) is 17.1. The number of alkyl halides is 2. The summed E-state index contributed by atoms with van der Waals surface area (Å²) in [6.07, 6.45) is 3.19. The van der Waals surface area contributed by atoms with Gasteiger partial charge in [0.25, 0.3) is 0 Å². The summed E-state index contributed by atoms with van der Waals surface area (Å²) in [5.41, 5.74) is 1.34. The first-order valence-corrected chi connectivity index (χ1v) is 9.90. The number of benzene rings is 2. The lowest BCUT2D eigenvalue weighted by Gasteiger charge is -2.40. The van der Waals surface area contributed by atoms with Gasteiger partial charge in [-0.3, -0.25) is 4.79 Å². The number of carbonyl (C=O) groups excluding carboxylic acids is 1. The highest BCUT2D eigenvalue weighted by molar-refractivity contribution is 9.10. The summed E-state index contributed by atoms with van der Waals surface area (Å²) in [6, 6.07) is 12.8. The van der Waals surface area contributed by atoms with Crippen molar-refractivity contribution in [1.29, 1.82) is 0 Å². The van der Waals surface area contributed by atoms with Crippen molar-refractivity contribution in [2.75, 3.05) is 13.7 Å². The monoisotopic (exact) mass is 453 g/mol. The van der Waals surface area contributed by atoms with Gasteiger partial charge in [0.1, 0.15) is 0 Å². The second-order valence-electron chi connectivity index (χ2n) is 6.81. The van der Waals surface area contributed by atoms with Gasteiger partial charge in [-0.2, -0.15) is 8.78 Å². The number of carbonyl (C=O) groups is 1. The quantitative estimate of drug-likeness (QED) is 0.621. The van der Waals surface area contributed by atoms with Crippen LogP contribution in [-0.4, -0.2) is 26.2 Å². The molecule has 0 atom stereocenters. The summed E-state index contributed by atoms with van der Waals surface area (Å²) in [6.45, 7) is -2.51. The van der Waals surface area contributed by atoms with Gasteiger partial charge in [-0.05, 0) is 54.7 Å². The summed E-state index contributed by atoms with van der Waals surface area (Å²) in [7, 11) is 1.40. The molecule has 1 saturated carbocycles. The van der Waals surface area contributed by atoms with E-state index in [1.54, 1.807) is 12.1 Å². The van der Waals surface area contributed by atoms with E-state index in [1.807, 2.05) is 24.3 Å². The molecule has 1 fully saturated rings. The van der Waals surface area contributed by atoms with E-state index in [4.69, 9.17) is 4.74 Å². The molecule has 1 aliphatic carbocycles. The maximum absolute atomic E-state index is 12.9. The fourth-order valence-corrected chi connectivity index (χ4v) is 3.76. The molecule has 1 aliphatic rings. The van der Waals surface area contributed by atoms with Crippen molar-refractivity contribution >= 4 is 21.8 Å². The third kappa shape index (κ3) is 4.46. The van der Waals surface area contributed by atoms with Gasteiger partial charge in [0.05, 0.1) is 12.5 Å². The van der Waals surface area contributed by atoms with Crippen molar-refractivity contribution in [3.8, 4) is 11.5 Å². The van der Waals surface area contributed by atoms with Gasteiger partial charge in [0.2, 0.25) is 5.91 Å². The third-order valence-corrected chi connectivity index (χ3v) is 5.71. The van der Waals surface area contributed by atoms with Gasteiger partial charge in [-0.15, -0.1) is 0 Å². The molecule has 2 aromatic rings. The molecule has 0 unspecified atom stereocenters. The lowest BCUT2D eigenvalue weighted by atomic mass is 9.64. The maximum Gasteiger partial charge on any atom is 0.387 e. The minimum atomic E-state index is -2.92. The molecule has 0 heterocycles. The first kappa shape index (κ1) is 20.6. The highest BCUT2D eigenvalue weighted by atomic mass is 79.9. The largest absolute Gasteiger partial charge is 0.493 e. The van der Waals surface area contributed by atoms with Crippen LogP contribution in [0.4, 0.5) is 8.78 Å². The molecule has 0 aliphatic heterocycles. The molecule has 3 rings (SSSR count). The Balaban J connectivity index is 1.62. The molecule has 1 amide bonds. The van der Waals surface area contributed by atoms with E-state index in [2.05, 4.69) is 26.0 Å². The van der Waals surface area contributed by atoms with E-state index in [0.717, 1.165) is 34.9 Å². The molecule has 1 N–H and O–H groups in total. The van der Waals surface area contributed by atoms with Crippen molar-refractivity contribution < 1.29 is 23.0 Å². The zero-order valence-electron chi connectivity index (χ0n) is 15.5. The van der Waals surface area contributed by atoms with E-state index in [0.29, 0.717) is 13.0 Å². The molecular weight excluding hydrogens is 432 g/mol. The highest BCUT2D eigenvalue weighted by Gasteiger charge is 2.45. The predicted molar refractivity (Wildman–Crippen MR) is 106 cm³/mol. The number of halogens is 3. The fourth-order valence-electron chi connectivity index (χ4n) is 3.50. The van der Waals surface area contributed by atoms with Crippen LogP contribution in [0.1, 0.15) is 30.4 Å². The van der Waals surface area contributed by atoms with Gasteiger partial charge < -0.3 is 14.8 Å². The summed E-state index contributed by atoms with van der Waals surface area (Å²) in [4.78, 5) is 12.9. The minimum absolute atomic E-state index is 0.00773. The molecule has 0 radical (unpaired) electrons. The van der Waals surface area contributed by atoms with Crippen molar-refractivity contribution in [3.05, 3.63) is 58.1 Å². The topological polar surface area (TPSA) is 47.6 Å². The van der Waals surface area contributed by atoms with Crippen molar-refractivity contribution in [2.45, 2.75) is 37.7 Å². The number of hydrogen-bond donors (Lipinski definition) is 1. The Kier molecular flexibility index (Phi) is 6.54. The molecule has 150 valence electrons. The Morgan fingerprint density at radius 3 is 2.46 bits per heavy atom. The first-order valence-electron chi connectivity index (χ1n) is 9.11. The van der Waals surface area contributed by atoms with Crippen molar-refractivity contribution in [1.82, 2.24) is 5.32 Å². The highest BCUT2D eigenvalue weighted by Crippen LogP contribution is 2.44. The van der Waals surface area contributed by atoms with Crippen LogP contribution in [0, 0.1) is 0 Å². The summed E-state index contributed by atoms with van der Waals surface area (Å²) >= 11 is 3.42. The van der Waals surface area contributed by atoms with Crippen molar-refractivity contribution in [2.24, 2.45) is 0 Å². The lowest BCUT2D eigenvalue weighted by molar-refractivity contribution is -0.129. The van der Waals surface area contributed by atoms with Crippen LogP contribution in [-0.2, 0) is 16.6 Å². The molecule has 4 nitrogen and oxygen atoms in total. The average Bonchev–Trinajstić information content (AvgIpc) is 2.62. The normalized spacial score (nSPS) is 15.0. The fraction of sp³-hybridized carbons (Fsp3) is 0.381. The molecule has 0 spiro atoms. The second kappa shape index (κ2) is 8.90. The summed E-state index contributed by atoms with van der Waals surface area (Å²) in [5, 5.41) is 3.00. The summed E-state index contributed by atoms with van der Waals surface area (Å²) < 4.78 is 35.6. The molecule has 7 heteroatoms. The van der Waals surface area contributed by atoms with E-state index in [9.17, 15) is 13.6 Å². The van der Waals surface area contributed by atoms with Gasteiger partial charge >= 0.3 is 6.61 Å². The van der Waals surface area contributed by atoms with Crippen LogP contribution in [0.5, 0.6) is 11.5 Å². The first-order chi connectivity index (χ1) is 13.4. The van der Waals surface area contributed by atoms with Crippen LogP contribution >= 0.6 is 15.9 Å². The molecule has 0 saturated heterocycles. The van der Waals surface area contributed by atoms with E-state index >= 15 is 0 Å². The van der Waals surface area contributed by atoms with E-state index in [1.165, 1.54) is 13.2 Å². The number of hydrogen-bond acceptors (Lipinski definition) is 3. The minimum Gasteiger partial charge on any atom is -0.493 e. The van der Waals surface area contributed by atoms with Gasteiger partial charge in [0, 0.05) is 11.0 Å². The van der Waals surface area contributed by atoms with Crippen LogP contribution in [0.2, 0.25) is 0 Å². The van der Waals surface area contributed by atoms with Gasteiger partial charge in [-0.1, -0.05) is 40.5 Å².